The molecule has 4 heteroatoms. The lowest BCUT2D eigenvalue weighted by molar-refractivity contribution is -0.0864. The highest BCUT2D eigenvalue weighted by atomic mass is 35.5. The molecule has 1 aliphatic rings. The fraction of sp³-hybridized carbons (Fsp3) is 0.600. The lowest BCUT2D eigenvalue weighted by Gasteiger charge is -2.40. The average Bonchev–Trinajstić information content (AvgIpc) is 2.43. The van der Waals surface area contributed by atoms with Gasteiger partial charge in [-0.25, -0.2) is 0 Å². The zero-order chi connectivity index (χ0) is 13.9. The number of nitrogen functional groups attached to an aromatic ring is 1. The number of ether oxygens (including phenoxy) is 1. The van der Waals surface area contributed by atoms with Crippen molar-refractivity contribution in [2.75, 3.05) is 17.7 Å². The van der Waals surface area contributed by atoms with Gasteiger partial charge in [-0.15, -0.1) is 0 Å². The fourth-order valence-corrected chi connectivity index (χ4v) is 3.03. The summed E-state index contributed by atoms with van der Waals surface area (Å²) in [5.74, 6) is 0. The Morgan fingerprint density at radius 3 is 2.79 bits per heavy atom. The van der Waals surface area contributed by atoms with Crippen LogP contribution in [0.25, 0.3) is 0 Å². The van der Waals surface area contributed by atoms with Gasteiger partial charge in [0.1, 0.15) is 0 Å². The summed E-state index contributed by atoms with van der Waals surface area (Å²) in [6.45, 7) is 5.18. The molecule has 19 heavy (non-hydrogen) atoms. The summed E-state index contributed by atoms with van der Waals surface area (Å²) in [6.07, 6.45) is 4.08. The molecule has 1 saturated heterocycles. The number of nitrogens with one attached hydrogen (secondary N) is 1. The third-order valence-electron chi connectivity index (χ3n) is 4.18. The van der Waals surface area contributed by atoms with Crippen molar-refractivity contribution < 1.29 is 4.74 Å². The Labute approximate surface area is 120 Å². The van der Waals surface area contributed by atoms with Gasteiger partial charge in [0.25, 0.3) is 0 Å². The first kappa shape index (κ1) is 14.5. The van der Waals surface area contributed by atoms with Crippen molar-refractivity contribution in [2.24, 2.45) is 0 Å². The smallest absolute Gasteiger partial charge is 0.0765 e. The maximum Gasteiger partial charge on any atom is 0.0765 e. The minimum Gasteiger partial charge on any atom is -0.397 e. The van der Waals surface area contributed by atoms with E-state index < -0.39 is 0 Å². The van der Waals surface area contributed by atoms with E-state index in [9.17, 15) is 0 Å². The molecule has 1 unspecified atom stereocenters. The Bertz CT molecular complexity index is 412. The third-order valence-corrected chi connectivity index (χ3v) is 4.49. The minimum absolute atomic E-state index is 0.00589. The van der Waals surface area contributed by atoms with Crippen molar-refractivity contribution in [2.45, 2.75) is 51.2 Å². The normalized spacial score (nSPS) is 22.2. The molecular weight excluding hydrogens is 260 g/mol. The number of halogens is 1. The molecule has 0 bridgehead atoms. The van der Waals surface area contributed by atoms with Gasteiger partial charge in [0, 0.05) is 12.6 Å². The van der Waals surface area contributed by atoms with E-state index >= 15 is 0 Å². The number of rotatable bonds is 4. The second-order valence-corrected chi connectivity index (χ2v) is 5.68. The van der Waals surface area contributed by atoms with Crippen LogP contribution in [-0.4, -0.2) is 18.2 Å². The van der Waals surface area contributed by atoms with E-state index in [1.54, 1.807) is 0 Å². The predicted octanol–water partition coefficient (Wildman–Crippen LogP) is 4.07. The molecule has 1 fully saturated rings. The van der Waals surface area contributed by atoms with E-state index in [-0.39, 0.29) is 5.60 Å². The molecule has 0 amide bonds. The number of anilines is 2. The summed E-state index contributed by atoms with van der Waals surface area (Å²) in [5.41, 5.74) is 7.56. The van der Waals surface area contributed by atoms with Crippen LogP contribution in [0.15, 0.2) is 18.2 Å². The van der Waals surface area contributed by atoms with E-state index in [0.29, 0.717) is 16.8 Å². The zero-order valence-corrected chi connectivity index (χ0v) is 12.5. The van der Waals surface area contributed by atoms with Crippen LogP contribution in [0.1, 0.15) is 39.5 Å². The quantitative estimate of drug-likeness (QED) is 0.818. The van der Waals surface area contributed by atoms with E-state index in [1.165, 1.54) is 0 Å². The maximum absolute atomic E-state index is 6.21. The van der Waals surface area contributed by atoms with Crippen LogP contribution in [0.4, 0.5) is 11.4 Å². The van der Waals surface area contributed by atoms with Crippen LogP contribution in [-0.2, 0) is 4.74 Å². The molecule has 0 aromatic heterocycles. The Balaban J connectivity index is 2.11. The van der Waals surface area contributed by atoms with Crippen LogP contribution >= 0.6 is 11.6 Å². The summed E-state index contributed by atoms with van der Waals surface area (Å²) in [6, 6.07) is 5.98. The Morgan fingerprint density at radius 2 is 2.16 bits per heavy atom. The molecule has 2 rings (SSSR count). The second-order valence-electron chi connectivity index (χ2n) is 5.28. The maximum atomic E-state index is 6.21. The molecule has 1 aromatic rings. The van der Waals surface area contributed by atoms with Gasteiger partial charge in [0.05, 0.1) is 22.0 Å². The van der Waals surface area contributed by atoms with Gasteiger partial charge < -0.3 is 15.8 Å². The number of hydrogen-bond acceptors (Lipinski definition) is 3. The number of para-hydroxylation sites is 1. The van der Waals surface area contributed by atoms with Crippen molar-refractivity contribution in [3.8, 4) is 0 Å². The third kappa shape index (κ3) is 3.15. The highest BCUT2D eigenvalue weighted by Gasteiger charge is 2.34. The van der Waals surface area contributed by atoms with Crippen molar-refractivity contribution in [3.05, 3.63) is 23.2 Å². The van der Waals surface area contributed by atoms with E-state index in [2.05, 4.69) is 19.2 Å². The molecule has 1 aliphatic heterocycles. The summed E-state index contributed by atoms with van der Waals surface area (Å²) in [7, 11) is 0. The topological polar surface area (TPSA) is 47.3 Å². The van der Waals surface area contributed by atoms with Crippen molar-refractivity contribution in [1.82, 2.24) is 0 Å². The molecule has 0 saturated carbocycles. The molecule has 3 N–H and O–H groups in total. The highest BCUT2D eigenvalue weighted by molar-refractivity contribution is 6.33. The largest absolute Gasteiger partial charge is 0.397 e. The van der Waals surface area contributed by atoms with Gasteiger partial charge in [-0.3, -0.25) is 0 Å². The predicted molar refractivity (Wildman–Crippen MR) is 81.8 cm³/mol. The van der Waals surface area contributed by atoms with E-state index in [1.807, 2.05) is 18.2 Å². The second kappa shape index (κ2) is 6.02. The first-order chi connectivity index (χ1) is 9.10. The van der Waals surface area contributed by atoms with Gasteiger partial charge >= 0.3 is 0 Å². The molecule has 0 spiro atoms. The molecule has 0 radical (unpaired) electrons. The molecule has 0 aliphatic carbocycles. The Morgan fingerprint density at radius 1 is 1.42 bits per heavy atom. The van der Waals surface area contributed by atoms with Gasteiger partial charge in [-0.1, -0.05) is 31.5 Å². The van der Waals surface area contributed by atoms with Crippen LogP contribution in [0.5, 0.6) is 0 Å². The Hall–Kier alpha value is -0.930. The van der Waals surface area contributed by atoms with Crippen LogP contribution < -0.4 is 11.1 Å². The summed E-state index contributed by atoms with van der Waals surface area (Å²) < 4.78 is 5.99. The lowest BCUT2D eigenvalue weighted by atomic mass is 9.86. The van der Waals surface area contributed by atoms with E-state index in [0.717, 1.165) is 38.0 Å². The van der Waals surface area contributed by atoms with Gasteiger partial charge in [0.15, 0.2) is 0 Å². The monoisotopic (exact) mass is 282 g/mol. The summed E-state index contributed by atoms with van der Waals surface area (Å²) >= 11 is 6.21. The van der Waals surface area contributed by atoms with E-state index in [4.69, 9.17) is 22.1 Å². The average molecular weight is 283 g/mol. The molecule has 1 aromatic carbocycles. The van der Waals surface area contributed by atoms with Crippen molar-refractivity contribution in [1.29, 1.82) is 0 Å². The lowest BCUT2D eigenvalue weighted by Crippen LogP contribution is -2.43. The first-order valence-corrected chi connectivity index (χ1v) is 7.42. The SMILES string of the molecule is CCC1(CC)CC(Nc2c(N)cccc2Cl)CCO1. The Kier molecular flexibility index (Phi) is 4.58. The van der Waals surface area contributed by atoms with Crippen molar-refractivity contribution in [3.63, 3.8) is 0 Å². The van der Waals surface area contributed by atoms with Crippen molar-refractivity contribution >= 4 is 23.0 Å². The van der Waals surface area contributed by atoms with Crippen LogP contribution in [0.2, 0.25) is 5.02 Å². The molecule has 106 valence electrons. The van der Waals surface area contributed by atoms with Crippen LogP contribution in [0.3, 0.4) is 0 Å². The molecule has 3 nitrogen and oxygen atoms in total. The number of nitrogens with two attached hydrogens (primary N) is 1. The summed E-state index contributed by atoms with van der Waals surface area (Å²) in [5, 5.41) is 4.19. The molecule has 1 atom stereocenters. The highest BCUT2D eigenvalue weighted by Crippen LogP contribution is 2.35. The fourth-order valence-electron chi connectivity index (χ4n) is 2.79. The molecular formula is C15H23ClN2O. The van der Waals surface area contributed by atoms with Gasteiger partial charge in [-0.05, 0) is 37.8 Å². The minimum atomic E-state index is 0.00589. The first-order valence-electron chi connectivity index (χ1n) is 7.04. The number of hydrogen-bond donors (Lipinski definition) is 2. The van der Waals surface area contributed by atoms with Gasteiger partial charge in [-0.2, -0.15) is 0 Å². The summed E-state index contributed by atoms with van der Waals surface area (Å²) in [4.78, 5) is 0. The molecule has 1 heterocycles. The van der Waals surface area contributed by atoms with Gasteiger partial charge in [0.2, 0.25) is 0 Å². The van der Waals surface area contributed by atoms with Crippen LogP contribution in [0, 0.1) is 0 Å². The standard InChI is InChI=1S/C15H23ClN2O/c1-3-15(4-2)10-11(8-9-19-15)18-14-12(16)6-5-7-13(14)17/h5-7,11,18H,3-4,8-10,17H2,1-2H3. The zero-order valence-electron chi connectivity index (χ0n) is 11.7. The number of benzene rings is 1.